The number of ether oxygens (including phenoxy) is 1. The Labute approximate surface area is 140 Å². The van der Waals surface area contributed by atoms with Crippen LogP contribution in [0.3, 0.4) is 0 Å². The number of fused-ring (bicyclic) bond motifs is 2. The number of nitrogens with one attached hydrogen (secondary N) is 2. The van der Waals surface area contributed by atoms with Gasteiger partial charge >= 0.3 is 0 Å². The maximum atomic E-state index is 14.6. The molecule has 2 aliphatic rings. The lowest BCUT2D eigenvalue weighted by Crippen LogP contribution is -2.40. The van der Waals surface area contributed by atoms with Gasteiger partial charge in [-0.1, -0.05) is 13.8 Å². The van der Waals surface area contributed by atoms with Gasteiger partial charge in [0.05, 0.1) is 6.33 Å². The number of hydrogen-bond acceptors (Lipinski definition) is 7. The molecule has 2 aromatic heterocycles. The first-order valence-electron chi connectivity index (χ1n) is 7.79. The molecule has 0 radical (unpaired) electrons. The van der Waals surface area contributed by atoms with E-state index in [1.807, 2.05) is 0 Å². The molecule has 11 heteroatoms. The van der Waals surface area contributed by atoms with Crippen molar-refractivity contribution in [2.75, 3.05) is 5.32 Å². The molecule has 1 unspecified atom stereocenters. The molecule has 5 atom stereocenters. The number of carbonyl (C=O) groups excluding carboxylic acids is 1. The zero-order valence-corrected chi connectivity index (χ0v) is 13.4. The number of alkyl halides is 1. The van der Waals surface area contributed by atoms with Crippen molar-refractivity contribution in [1.82, 2.24) is 19.5 Å². The van der Waals surface area contributed by atoms with Crippen LogP contribution in [-0.2, 0) is 9.53 Å². The average Bonchev–Trinajstić information content (AvgIpc) is 2.88. The summed E-state index contributed by atoms with van der Waals surface area (Å²) in [5, 5.41) is 12.1. The molecular formula is C14H17FN6O4. The van der Waals surface area contributed by atoms with E-state index in [1.54, 1.807) is 13.8 Å². The second-order valence-corrected chi connectivity index (χ2v) is 6.68. The lowest BCUT2D eigenvalue weighted by Gasteiger charge is -2.21. The second-order valence-electron chi connectivity index (χ2n) is 6.68. The zero-order chi connectivity index (χ0) is 18.1. The van der Waals surface area contributed by atoms with Crippen molar-refractivity contribution in [3.8, 4) is 0 Å². The second kappa shape index (κ2) is 5.07. The molecular weight excluding hydrogens is 335 g/mol. The number of aliphatic hydroxyl groups is 1. The van der Waals surface area contributed by atoms with E-state index in [0.29, 0.717) is 0 Å². The molecule has 2 aromatic rings. The van der Waals surface area contributed by atoms with Gasteiger partial charge in [0.15, 0.2) is 23.6 Å². The quantitative estimate of drug-likeness (QED) is 0.555. The largest absolute Gasteiger partial charge is 0.388 e. The molecule has 0 aromatic carbocycles. The Kier molecular flexibility index (Phi) is 3.27. The van der Waals surface area contributed by atoms with Gasteiger partial charge in [0.2, 0.25) is 11.9 Å². The standard InChI is InChI=1S/C14H17FN6O4/c1-4(2)10(23)19-13-18-9-5(11(24)20-13)17-3-21(9)12-6(15)14(16)7(22)8(14)25-12/h3-4,6-8,12,22H,16H2,1-2H3,(H2,18,19,20,23,24)/t6-,7?,8+,12+,14+/m0/s1. The molecule has 3 heterocycles. The Morgan fingerprint density at radius 2 is 2.32 bits per heavy atom. The van der Waals surface area contributed by atoms with Crippen LogP contribution in [0.5, 0.6) is 0 Å². The van der Waals surface area contributed by atoms with E-state index in [1.165, 1.54) is 10.9 Å². The summed E-state index contributed by atoms with van der Waals surface area (Å²) in [6.07, 6.45) is -3.51. The zero-order valence-electron chi connectivity index (χ0n) is 13.4. The summed E-state index contributed by atoms with van der Waals surface area (Å²) in [6.45, 7) is 3.38. The molecule has 134 valence electrons. The predicted molar refractivity (Wildman–Crippen MR) is 83.3 cm³/mol. The van der Waals surface area contributed by atoms with Gasteiger partial charge in [-0.25, -0.2) is 9.37 Å². The number of anilines is 1. The number of aromatic nitrogens is 4. The number of imidazole rings is 1. The monoisotopic (exact) mass is 352 g/mol. The lowest BCUT2D eigenvalue weighted by molar-refractivity contribution is -0.118. The number of H-pyrrole nitrogens is 1. The molecule has 1 amide bonds. The van der Waals surface area contributed by atoms with Crippen molar-refractivity contribution in [2.24, 2.45) is 11.7 Å². The topological polar surface area (TPSA) is 148 Å². The van der Waals surface area contributed by atoms with Crippen molar-refractivity contribution < 1.29 is 19.0 Å². The number of nitrogens with zero attached hydrogens (tertiary/aromatic N) is 3. The maximum Gasteiger partial charge on any atom is 0.280 e. The number of halogens is 1. The summed E-state index contributed by atoms with van der Waals surface area (Å²) in [5.74, 6) is -0.719. The van der Waals surface area contributed by atoms with E-state index in [9.17, 15) is 19.1 Å². The van der Waals surface area contributed by atoms with Crippen LogP contribution in [0.2, 0.25) is 0 Å². The number of aliphatic hydroxyl groups excluding tert-OH is 1. The van der Waals surface area contributed by atoms with E-state index < -0.39 is 35.7 Å². The SMILES string of the molecule is CC(C)C(=O)Nc1nc2c(ncn2[C@@H]2O[C@@H]3C(O)[C@]3(N)[C@H]2F)c(=O)[nH]1. The van der Waals surface area contributed by atoms with E-state index in [0.717, 1.165) is 0 Å². The van der Waals surface area contributed by atoms with E-state index >= 15 is 0 Å². The van der Waals surface area contributed by atoms with E-state index in [2.05, 4.69) is 20.3 Å². The van der Waals surface area contributed by atoms with Crippen molar-refractivity contribution in [3.63, 3.8) is 0 Å². The van der Waals surface area contributed by atoms with Crippen LogP contribution in [0.25, 0.3) is 11.2 Å². The van der Waals surface area contributed by atoms with Crippen molar-refractivity contribution >= 4 is 23.0 Å². The Bertz CT molecular complexity index is 926. The van der Waals surface area contributed by atoms with Gasteiger partial charge in [0.1, 0.15) is 17.7 Å². The third-order valence-electron chi connectivity index (χ3n) is 4.67. The molecule has 1 saturated carbocycles. The molecule has 2 fully saturated rings. The van der Waals surface area contributed by atoms with Crippen LogP contribution < -0.4 is 16.6 Å². The fourth-order valence-electron chi connectivity index (χ4n) is 2.99. The molecule has 5 N–H and O–H groups in total. The predicted octanol–water partition coefficient (Wildman–Crippen LogP) is -0.978. The highest BCUT2D eigenvalue weighted by atomic mass is 19.1. The van der Waals surface area contributed by atoms with Crippen LogP contribution in [0.1, 0.15) is 20.1 Å². The van der Waals surface area contributed by atoms with Crippen LogP contribution >= 0.6 is 0 Å². The first kappa shape index (κ1) is 16.1. The highest BCUT2D eigenvalue weighted by Crippen LogP contribution is 2.53. The minimum atomic E-state index is -1.69. The van der Waals surface area contributed by atoms with Crippen LogP contribution in [0.4, 0.5) is 10.3 Å². The molecule has 0 bridgehead atoms. The maximum absolute atomic E-state index is 14.6. The minimum absolute atomic E-state index is 0.0226. The third kappa shape index (κ3) is 2.12. The fourth-order valence-corrected chi connectivity index (χ4v) is 2.99. The Balaban J connectivity index is 1.73. The van der Waals surface area contributed by atoms with Gasteiger partial charge < -0.3 is 15.6 Å². The summed E-state index contributed by atoms with van der Waals surface area (Å²) in [5.41, 5.74) is 3.80. The number of carbonyl (C=O) groups is 1. The summed E-state index contributed by atoms with van der Waals surface area (Å²) in [4.78, 5) is 34.4. The van der Waals surface area contributed by atoms with Crippen LogP contribution in [-0.4, -0.2) is 54.5 Å². The van der Waals surface area contributed by atoms with E-state index in [-0.39, 0.29) is 28.9 Å². The van der Waals surface area contributed by atoms with Gasteiger partial charge in [-0.2, -0.15) is 4.98 Å². The molecule has 1 aliphatic heterocycles. The van der Waals surface area contributed by atoms with Gasteiger partial charge in [-0.3, -0.25) is 24.5 Å². The highest BCUT2D eigenvalue weighted by Gasteiger charge is 2.76. The van der Waals surface area contributed by atoms with Crippen molar-refractivity contribution in [1.29, 1.82) is 0 Å². The first-order chi connectivity index (χ1) is 11.7. The van der Waals surface area contributed by atoms with Gasteiger partial charge in [-0.05, 0) is 0 Å². The van der Waals surface area contributed by atoms with Crippen LogP contribution in [0.15, 0.2) is 11.1 Å². The summed E-state index contributed by atoms with van der Waals surface area (Å²) < 4.78 is 21.3. The first-order valence-corrected chi connectivity index (χ1v) is 7.79. The fraction of sp³-hybridized carbons (Fsp3) is 0.571. The van der Waals surface area contributed by atoms with E-state index in [4.69, 9.17) is 10.5 Å². The molecule has 4 rings (SSSR count). The van der Waals surface area contributed by atoms with Gasteiger partial charge in [0.25, 0.3) is 5.56 Å². The number of hydrogen-bond donors (Lipinski definition) is 4. The third-order valence-corrected chi connectivity index (χ3v) is 4.67. The van der Waals surface area contributed by atoms with Crippen LogP contribution in [0, 0.1) is 5.92 Å². The van der Waals surface area contributed by atoms with Crippen molar-refractivity contribution in [2.45, 2.75) is 44.0 Å². The lowest BCUT2D eigenvalue weighted by atomic mass is 10.1. The highest BCUT2D eigenvalue weighted by molar-refractivity contribution is 5.91. The molecule has 1 saturated heterocycles. The summed E-state index contributed by atoms with van der Waals surface area (Å²) in [6, 6.07) is 0. The summed E-state index contributed by atoms with van der Waals surface area (Å²) >= 11 is 0. The Morgan fingerprint density at radius 1 is 1.60 bits per heavy atom. The molecule has 10 nitrogen and oxygen atoms in total. The molecule has 0 spiro atoms. The molecule has 25 heavy (non-hydrogen) atoms. The Morgan fingerprint density at radius 3 is 2.92 bits per heavy atom. The molecule has 1 aliphatic carbocycles. The van der Waals surface area contributed by atoms with Gasteiger partial charge in [-0.15, -0.1) is 0 Å². The summed E-state index contributed by atoms with van der Waals surface area (Å²) in [7, 11) is 0. The number of aromatic amines is 1. The number of rotatable bonds is 3. The average molecular weight is 352 g/mol. The smallest absolute Gasteiger partial charge is 0.280 e. The number of nitrogens with two attached hydrogens (primary N) is 1. The van der Waals surface area contributed by atoms with Crippen molar-refractivity contribution in [3.05, 3.63) is 16.7 Å². The number of amides is 1. The normalized spacial score (nSPS) is 33.7. The van der Waals surface area contributed by atoms with Gasteiger partial charge in [0, 0.05) is 5.92 Å². The minimum Gasteiger partial charge on any atom is -0.388 e. The Hall–Kier alpha value is -2.37.